The van der Waals surface area contributed by atoms with E-state index in [1.54, 1.807) is 6.07 Å². The van der Waals surface area contributed by atoms with Gasteiger partial charge < -0.3 is 21.4 Å². The summed E-state index contributed by atoms with van der Waals surface area (Å²) in [5.41, 5.74) is 6.65. The highest BCUT2D eigenvalue weighted by Crippen LogP contribution is 2.43. The number of benzene rings is 2. The Balaban J connectivity index is 1.73. The zero-order valence-corrected chi connectivity index (χ0v) is 19.4. The highest BCUT2D eigenvalue weighted by molar-refractivity contribution is 6.10. The fourth-order valence-corrected chi connectivity index (χ4v) is 4.92. The smallest absolute Gasteiger partial charge is 0.361 e. The number of hydrogen-bond acceptors (Lipinski definition) is 4. The van der Waals surface area contributed by atoms with Gasteiger partial charge in [-0.25, -0.2) is 0 Å². The summed E-state index contributed by atoms with van der Waals surface area (Å²) in [4.78, 5) is 16.7. The van der Waals surface area contributed by atoms with Crippen molar-refractivity contribution in [2.45, 2.75) is 51.4 Å². The third-order valence-electron chi connectivity index (χ3n) is 7.08. The molecule has 34 heavy (non-hydrogen) atoms. The van der Waals surface area contributed by atoms with Gasteiger partial charge in [0.1, 0.15) is 5.84 Å². The number of nitrogens with two attached hydrogens (primary N) is 2. The van der Waals surface area contributed by atoms with Crippen LogP contribution in [0.3, 0.4) is 0 Å². The summed E-state index contributed by atoms with van der Waals surface area (Å²) in [6.45, 7) is 2.54. The van der Waals surface area contributed by atoms with E-state index in [0.29, 0.717) is 11.6 Å². The molecule has 1 aliphatic heterocycles. The van der Waals surface area contributed by atoms with Crippen LogP contribution in [0.25, 0.3) is 0 Å². The number of carbonyl (C=O) groups excluding carboxylic acids is 1. The molecule has 4 N–H and O–H groups in total. The van der Waals surface area contributed by atoms with Crippen molar-refractivity contribution in [3.63, 3.8) is 0 Å². The second-order valence-electron chi connectivity index (χ2n) is 9.03. The van der Waals surface area contributed by atoms with Crippen LogP contribution in [0.1, 0.15) is 64.7 Å². The van der Waals surface area contributed by atoms with E-state index < -0.39 is 17.6 Å². The van der Waals surface area contributed by atoms with Gasteiger partial charge in [-0.1, -0.05) is 18.6 Å². The molecule has 1 aliphatic carbocycles. The Bertz CT molecular complexity index is 1110. The van der Waals surface area contributed by atoms with Crippen LogP contribution >= 0.6 is 0 Å². The van der Waals surface area contributed by atoms with Crippen molar-refractivity contribution in [3.05, 3.63) is 64.2 Å². The van der Waals surface area contributed by atoms with Crippen molar-refractivity contribution in [1.82, 2.24) is 4.90 Å². The first-order chi connectivity index (χ1) is 16.2. The molecule has 2 aliphatic rings. The standard InChI is InChI=1S/C25H30F3N5O/c1-3-32(2)23(31-30)22(16-6-4-7-16)17-8-5-9-18(12-17)33-14-20-19(24(33)34)10-15(13-29)11-21(20)25(26,27)28/h5,8-12,16,22H,3-4,6-7,13-14,29-30H2,1-2H3/b31-23-. The van der Waals surface area contributed by atoms with Crippen LogP contribution in [0.2, 0.25) is 0 Å². The van der Waals surface area contributed by atoms with Gasteiger partial charge in [0, 0.05) is 37.3 Å². The van der Waals surface area contributed by atoms with Gasteiger partial charge in [-0.3, -0.25) is 4.79 Å². The van der Waals surface area contributed by atoms with Gasteiger partial charge in [0.25, 0.3) is 5.91 Å². The third kappa shape index (κ3) is 4.24. The predicted octanol–water partition coefficient (Wildman–Crippen LogP) is 4.43. The Kier molecular flexibility index (Phi) is 6.58. The van der Waals surface area contributed by atoms with Gasteiger partial charge in [-0.05, 0) is 66.6 Å². The lowest BCUT2D eigenvalue weighted by molar-refractivity contribution is -0.138. The number of nitrogens with zero attached hydrogens (tertiary/aromatic N) is 3. The molecule has 0 saturated heterocycles. The summed E-state index contributed by atoms with van der Waals surface area (Å²) in [5.74, 6) is 6.45. The van der Waals surface area contributed by atoms with Crippen molar-refractivity contribution in [2.75, 3.05) is 18.5 Å². The first-order valence-corrected chi connectivity index (χ1v) is 11.5. The van der Waals surface area contributed by atoms with Gasteiger partial charge in [-0.2, -0.15) is 18.3 Å². The van der Waals surface area contributed by atoms with E-state index in [1.807, 2.05) is 37.1 Å². The van der Waals surface area contributed by atoms with Crippen LogP contribution in [0.15, 0.2) is 41.5 Å². The third-order valence-corrected chi connectivity index (χ3v) is 7.08. The largest absolute Gasteiger partial charge is 0.416 e. The lowest BCUT2D eigenvalue weighted by Crippen LogP contribution is -2.38. The topological polar surface area (TPSA) is 87.9 Å². The number of fused-ring (bicyclic) bond motifs is 1. The first-order valence-electron chi connectivity index (χ1n) is 11.5. The molecule has 1 saturated carbocycles. The van der Waals surface area contributed by atoms with Gasteiger partial charge in [0.2, 0.25) is 0 Å². The number of amides is 1. The van der Waals surface area contributed by atoms with Crippen LogP contribution in [-0.2, 0) is 19.3 Å². The number of likely N-dealkylation sites (N-methyl/N-ethyl adjacent to an activating group) is 1. The number of halogens is 3. The second kappa shape index (κ2) is 9.29. The van der Waals surface area contributed by atoms with Crippen LogP contribution in [-0.4, -0.2) is 30.2 Å². The van der Waals surface area contributed by atoms with Crippen molar-refractivity contribution >= 4 is 17.4 Å². The minimum absolute atomic E-state index is 0.00873. The number of amidine groups is 1. The Morgan fingerprint density at radius 2 is 2.00 bits per heavy atom. The average molecular weight is 474 g/mol. The Labute approximate surface area is 197 Å². The van der Waals surface area contributed by atoms with Crippen molar-refractivity contribution in [1.29, 1.82) is 0 Å². The summed E-state index contributed by atoms with van der Waals surface area (Å²) < 4.78 is 41.3. The maximum Gasteiger partial charge on any atom is 0.416 e. The molecule has 2 aromatic carbocycles. The molecule has 0 spiro atoms. The highest BCUT2D eigenvalue weighted by atomic mass is 19.4. The molecular weight excluding hydrogens is 443 g/mol. The average Bonchev–Trinajstić information content (AvgIpc) is 3.12. The zero-order valence-electron chi connectivity index (χ0n) is 19.4. The Hall–Kier alpha value is -3.07. The number of hydrogen-bond donors (Lipinski definition) is 2. The monoisotopic (exact) mass is 473 g/mol. The van der Waals surface area contributed by atoms with E-state index in [4.69, 9.17) is 11.6 Å². The number of hydrazone groups is 1. The maximum absolute atomic E-state index is 13.8. The molecule has 1 atom stereocenters. The van der Waals surface area contributed by atoms with Crippen molar-refractivity contribution < 1.29 is 18.0 Å². The number of carbonyl (C=O) groups is 1. The van der Waals surface area contributed by atoms with Gasteiger partial charge in [0.05, 0.1) is 12.1 Å². The van der Waals surface area contributed by atoms with E-state index in [9.17, 15) is 18.0 Å². The first kappa shape index (κ1) is 24.1. The summed E-state index contributed by atoms with van der Waals surface area (Å²) >= 11 is 0. The molecule has 6 nitrogen and oxygen atoms in total. The normalized spacial score (nSPS) is 17.5. The molecule has 4 rings (SSSR count). The molecule has 1 fully saturated rings. The van der Waals surface area contributed by atoms with E-state index in [1.165, 1.54) is 11.0 Å². The SMILES string of the molecule is CCN(C)/C(=N\N)C(c1cccc(N2Cc3c(cc(CN)cc3C(F)(F)F)C2=O)c1)C1CCC1. The highest BCUT2D eigenvalue weighted by Gasteiger charge is 2.41. The van der Waals surface area contributed by atoms with Gasteiger partial charge >= 0.3 is 6.18 Å². The fraction of sp³-hybridized carbons (Fsp3) is 0.440. The predicted molar refractivity (Wildman–Crippen MR) is 126 cm³/mol. The van der Waals surface area contributed by atoms with Crippen LogP contribution in [0, 0.1) is 5.92 Å². The van der Waals surface area contributed by atoms with Crippen LogP contribution in [0.5, 0.6) is 0 Å². The van der Waals surface area contributed by atoms with Gasteiger partial charge in [-0.15, -0.1) is 0 Å². The summed E-state index contributed by atoms with van der Waals surface area (Å²) in [6, 6.07) is 9.97. The minimum atomic E-state index is -4.57. The minimum Gasteiger partial charge on any atom is -0.361 e. The van der Waals surface area contributed by atoms with Crippen LogP contribution < -0.4 is 16.5 Å². The van der Waals surface area contributed by atoms with E-state index in [-0.39, 0.29) is 35.7 Å². The molecule has 2 aromatic rings. The molecule has 1 amide bonds. The fourth-order valence-electron chi connectivity index (χ4n) is 4.92. The molecule has 9 heteroatoms. The summed E-state index contributed by atoms with van der Waals surface area (Å²) in [6.07, 6.45) is -1.33. The zero-order chi connectivity index (χ0) is 24.6. The summed E-state index contributed by atoms with van der Waals surface area (Å²) in [5, 5.41) is 4.10. The number of alkyl halides is 3. The molecule has 0 bridgehead atoms. The summed E-state index contributed by atoms with van der Waals surface area (Å²) in [7, 11) is 1.94. The Morgan fingerprint density at radius 3 is 2.56 bits per heavy atom. The molecule has 1 heterocycles. The molecule has 0 aromatic heterocycles. The van der Waals surface area contributed by atoms with Crippen molar-refractivity contribution in [3.8, 4) is 0 Å². The van der Waals surface area contributed by atoms with Crippen molar-refractivity contribution in [2.24, 2.45) is 22.6 Å². The number of anilines is 1. The number of rotatable bonds is 6. The lowest BCUT2D eigenvalue weighted by Gasteiger charge is -2.37. The molecule has 182 valence electrons. The van der Waals surface area contributed by atoms with Crippen LogP contribution in [0.4, 0.5) is 18.9 Å². The Morgan fingerprint density at radius 1 is 1.26 bits per heavy atom. The second-order valence-corrected chi connectivity index (χ2v) is 9.03. The molecule has 0 radical (unpaired) electrons. The molecular formula is C25H30F3N5O. The van der Waals surface area contributed by atoms with E-state index in [2.05, 4.69) is 5.10 Å². The van der Waals surface area contributed by atoms with Gasteiger partial charge in [0.15, 0.2) is 0 Å². The quantitative estimate of drug-likeness (QED) is 0.281. The lowest BCUT2D eigenvalue weighted by atomic mass is 9.72. The van der Waals surface area contributed by atoms with E-state index >= 15 is 0 Å². The van der Waals surface area contributed by atoms with E-state index in [0.717, 1.165) is 43.3 Å². The molecule has 1 unspecified atom stereocenters. The maximum atomic E-state index is 13.8.